The van der Waals surface area contributed by atoms with E-state index in [2.05, 4.69) is 16.9 Å². The highest BCUT2D eigenvalue weighted by Gasteiger charge is 2.25. The first-order valence-electron chi connectivity index (χ1n) is 7.20. The third-order valence-corrected chi connectivity index (χ3v) is 5.36. The molecule has 1 aliphatic heterocycles. The van der Waals surface area contributed by atoms with Gasteiger partial charge >= 0.3 is 0 Å². The maximum atomic E-state index is 9.99. The largest absolute Gasteiger partial charge is 0.387 e. The van der Waals surface area contributed by atoms with E-state index in [1.54, 1.807) is 11.3 Å². The molecule has 1 unspecified atom stereocenters. The Morgan fingerprint density at radius 2 is 2.16 bits per heavy atom. The van der Waals surface area contributed by atoms with E-state index in [0.29, 0.717) is 5.92 Å². The third-order valence-electron chi connectivity index (χ3n) is 4.11. The highest BCUT2D eigenvalue weighted by atomic mass is 32.1. The number of aliphatic hydroxyl groups excluding tert-OH is 1. The Balaban J connectivity index is 1.67. The van der Waals surface area contributed by atoms with Crippen molar-refractivity contribution in [3.63, 3.8) is 0 Å². The molecule has 1 N–H and O–H groups in total. The standard InChI is InChI=1S/C14H22N2O2S/c1-16(9-10-5-7-18-8-6-10)14-15-13-11(17)3-2-4-12(13)19-14/h10-11,17H,2-9H2,1H3. The molecule has 3 rings (SSSR count). The second-order valence-electron chi connectivity index (χ2n) is 5.65. The molecule has 19 heavy (non-hydrogen) atoms. The zero-order chi connectivity index (χ0) is 13.2. The molecule has 1 aliphatic carbocycles. The number of rotatable bonds is 3. The highest BCUT2D eigenvalue weighted by molar-refractivity contribution is 7.15. The Bertz CT molecular complexity index is 429. The first-order chi connectivity index (χ1) is 9.24. The summed E-state index contributed by atoms with van der Waals surface area (Å²) in [5, 5.41) is 11.1. The molecule has 2 aliphatic rings. The van der Waals surface area contributed by atoms with Crippen LogP contribution in [-0.4, -0.2) is 36.9 Å². The lowest BCUT2D eigenvalue weighted by atomic mass is 10.00. The fourth-order valence-corrected chi connectivity index (χ4v) is 4.07. The van der Waals surface area contributed by atoms with E-state index in [0.717, 1.165) is 62.7 Å². The molecule has 0 bridgehead atoms. The Hall–Kier alpha value is -0.650. The van der Waals surface area contributed by atoms with Gasteiger partial charge in [0.05, 0.1) is 11.8 Å². The van der Waals surface area contributed by atoms with Crippen LogP contribution in [-0.2, 0) is 11.2 Å². The number of ether oxygens (including phenoxy) is 1. The number of thiazole rings is 1. The molecule has 0 aromatic carbocycles. The average molecular weight is 282 g/mol. The van der Waals surface area contributed by atoms with Crippen LogP contribution in [0.3, 0.4) is 0 Å². The lowest BCUT2D eigenvalue weighted by Crippen LogP contribution is -2.29. The van der Waals surface area contributed by atoms with Crippen LogP contribution < -0.4 is 4.90 Å². The Morgan fingerprint density at radius 3 is 2.89 bits per heavy atom. The van der Waals surface area contributed by atoms with Crippen molar-refractivity contribution in [2.75, 3.05) is 31.7 Å². The Kier molecular flexibility index (Phi) is 4.05. The van der Waals surface area contributed by atoms with Gasteiger partial charge < -0.3 is 14.7 Å². The van der Waals surface area contributed by atoms with Gasteiger partial charge in [0.15, 0.2) is 5.13 Å². The number of nitrogens with zero attached hydrogens (tertiary/aromatic N) is 2. The van der Waals surface area contributed by atoms with Crippen LogP contribution in [0.5, 0.6) is 0 Å². The molecule has 0 saturated carbocycles. The normalized spacial score (nSPS) is 24.2. The third kappa shape index (κ3) is 2.93. The van der Waals surface area contributed by atoms with Crippen molar-refractivity contribution in [2.45, 2.75) is 38.2 Å². The van der Waals surface area contributed by atoms with Gasteiger partial charge in [-0.3, -0.25) is 0 Å². The molecule has 2 heterocycles. The Morgan fingerprint density at radius 1 is 1.37 bits per heavy atom. The van der Waals surface area contributed by atoms with Crippen molar-refractivity contribution >= 4 is 16.5 Å². The van der Waals surface area contributed by atoms with Gasteiger partial charge in [-0.2, -0.15) is 0 Å². The van der Waals surface area contributed by atoms with E-state index < -0.39 is 0 Å². The molecule has 0 amide bonds. The predicted molar refractivity (Wildman–Crippen MR) is 76.8 cm³/mol. The quantitative estimate of drug-likeness (QED) is 0.924. The van der Waals surface area contributed by atoms with Crippen LogP contribution in [0.1, 0.15) is 42.4 Å². The van der Waals surface area contributed by atoms with Gasteiger partial charge in [-0.05, 0) is 38.0 Å². The SMILES string of the molecule is CN(CC1CCOCC1)c1nc2c(s1)CCCC2O. The minimum atomic E-state index is -0.342. The summed E-state index contributed by atoms with van der Waals surface area (Å²) in [6.07, 6.45) is 4.98. The second-order valence-corrected chi connectivity index (χ2v) is 6.71. The first kappa shape index (κ1) is 13.3. The van der Waals surface area contributed by atoms with E-state index in [1.165, 1.54) is 4.88 Å². The van der Waals surface area contributed by atoms with Crippen LogP contribution in [0.4, 0.5) is 5.13 Å². The zero-order valence-electron chi connectivity index (χ0n) is 11.5. The first-order valence-corrected chi connectivity index (χ1v) is 8.02. The summed E-state index contributed by atoms with van der Waals surface area (Å²) in [5.74, 6) is 0.713. The minimum absolute atomic E-state index is 0.342. The Labute approximate surface area is 118 Å². The zero-order valence-corrected chi connectivity index (χ0v) is 12.3. The van der Waals surface area contributed by atoms with E-state index in [9.17, 15) is 5.11 Å². The predicted octanol–water partition coefficient (Wildman–Crippen LogP) is 2.38. The van der Waals surface area contributed by atoms with Gasteiger partial charge in [0.1, 0.15) is 0 Å². The lowest BCUT2D eigenvalue weighted by molar-refractivity contribution is 0.0685. The number of hydrogen-bond acceptors (Lipinski definition) is 5. The van der Waals surface area contributed by atoms with Gasteiger partial charge in [-0.25, -0.2) is 4.98 Å². The number of aliphatic hydroxyl groups is 1. The van der Waals surface area contributed by atoms with E-state index in [-0.39, 0.29) is 6.10 Å². The number of fused-ring (bicyclic) bond motifs is 1. The summed E-state index contributed by atoms with van der Waals surface area (Å²) < 4.78 is 5.40. The molecule has 106 valence electrons. The summed E-state index contributed by atoms with van der Waals surface area (Å²) in [7, 11) is 2.12. The molecular weight excluding hydrogens is 260 g/mol. The van der Waals surface area contributed by atoms with Gasteiger partial charge in [0, 0.05) is 31.7 Å². The maximum absolute atomic E-state index is 9.99. The lowest BCUT2D eigenvalue weighted by Gasteiger charge is -2.26. The van der Waals surface area contributed by atoms with E-state index in [4.69, 9.17) is 4.74 Å². The molecule has 4 nitrogen and oxygen atoms in total. The maximum Gasteiger partial charge on any atom is 0.185 e. The second kappa shape index (κ2) is 5.77. The topological polar surface area (TPSA) is 45.6 Å². The monoisotopic (exact) mass is 282 g/mol. The number of aryl methyl sites for hydroxylation is 1. The van der Waals surface area contributed by atoms with Crippen LogP contribution in [0.2, 0.25) is 0 Å². The van der Waals surface area contributed by atoms with Gasteiger partial charge in [0.2, 0.25) is 0 Å². The van der Waals surface area contributed by atoms with Crippen LogP contribution in [0.15, 0.2) is 0 Å². The molecule has 1 saturated heterocycles. The number of aromatic nitrogens is 1. The van der Waals surface area contributed by atoms with Crippen molar-refractivity contribution in [3.8, 4) is 0 Å². The van der Waals surface area contributed by atoms with E-state index >= 15 is 0 Å². The molecule has 0 radical (unpaired) electrons. The van der Waals surface area contributed by atoms with Crippen LogP contribution >= 0.6 is 11.3 Å². The van der Waals surface area contributed by atoms with Crippen molar-refractivity contribution in [3.05, 3.63) is 10.6 Å². The summed E-state index contributed by atoms with van der Waals surface area (Å²) in [6, 6.07) is 0. The average Bonchev–Trinajstić information content (AvgIpc) is 2.85. The smallest absolute Gasteiger partial charge is 0.185 e. The fourth-order valence-electron chi connectivity index (χ4n) is 2.94. The minimum Gasteiger partial charge on any atom is -0.387 e. The molecule has 1 aromatic heterocycles. The van der Waals surface area contributed by atoms with Crippen LogP contribution in [0.25, 0.3) is 0 Å². The molecule has 1 fully saturated rings. The van der Waals surface area contributed by atoms with Gasteiger partial charge in [-0.1, -0.05) is 0 Å². The molecule has 0 spiro atoms. The summed E-state index contributed by atoms with van der Waals surface area (Å²) >= 11 is 1.76. The van der Waals surface area contributed by atoms with Crippen molar-refractivity contribution in [1.82, 2.24) is 4.98 Å². The molecular formula is C14H22N2O2S. The fraction of sp³-hybridized carbons (Fsp3) is 0.786. The molecule has 1 atom stereocenters. The number of hydrogen-bond donors (Lipinski definition) is 1. The van der Waals surface area contributed by atoms with Crippen molar-refractivity contribution < 1.29 is 9.84 Å². The molecule has 1 aromatic rings. The summed E-state index contributed by atoms with van der Waals surface area (Å²) in [5.41, 5.74) is 0.935. The van der Waals surface area contributed by atoms with Gasteiger partial charge in [-0.15, -0.1) is 11.3 Å². The molecule has 5 heteroatoms. The van der Waals surface area contributed by atoms with E-state index in [1.807, 2.05) is 0 Å². The summed E-state index contributed by atoms with van der Waals surface area (Å²) in [4.78, 5) is 8.20. The highest BCUT2D eigenvalue weighted by Crippen LogP contribution is 2.36. The van der Waals surface area contributed by atoms with Gasteiger partial charge in [0.25, 0.3) is 0 Å². The number of anilines is 1. The van der Waals surface area contributed by atoms with Crippen molar-refractivity contribution in [2.24, 2.45) is 5.92 Å². The summed E-state index contributed by atoms with van der Waals surface area (Å²) in [6.45, 7) is 2.84. The van der Waals surface area contributed by atoms with Crippen LogP contribution in [0, 0.1) is 5.92 Å². The van der Waals surface area contributed by atoms with Crippen molar-refractivity contribution in [1.29, 1.82) is 0 Å².